The molecule has 1 aliphatic rings. The lowest BCUT2D eigenvalue weighted by atomic mass is 10.1. The van der Waals surface area contributed by atoms with Crippen LogP contribution in [0.5, 0.6) is 0 Å². The van der Waals surface area contributed by atoms with Gasteiger partial charge in [-0.1, -0.05) is 0 Å². The van der Waals surface area contributed by atoms with Crippen LogP contribution in [0, 0.1) is 5.92 Å². The summed E-state index contributed by atoms with van der Waals surface area (Å²) in [5, 5.41) is 13.8. The van der Waals surface area contributed by atoms with Crippen molar-refractivity contribution in [1.82, 2.24) is 15.5 Å². The number of carbonyl (C=O) groups is 3. The predicted molar refractivity (Wildman–Crippen MR) is 59.4 cm³/mol. The van der Waals surface area contributed by atoms with E-state index in [4.69, 9.17) is 5.11 Å². The molecule has 0 bridgehead atoms. The normalized spacial score (nSPS) is 18.9. The zero-order chi connectivity index (χ0) is 12.8. The quantitative estimate of drug-likeness (QED) is 0.604. The van der Waals surface area contributed by atoms with Gasteiger partial charge in [0.25, 0.3) is 0 Å². The topological polar surface area (TPSA) is 98.7 Å². The molecule has 0 aromatic heterocycles. The minimum atomic E-state index is -0.885. The molecule has 1 fully saturated rings. The maximum Gasteiger partial charge on any atom is 0.317 e. The van der Waals surface area contributed by atoms with Gasteiger partial charge in [0.05, 0.1) is 12.5 Å². The van der Waals surface area contributed by atoms with Crippen molar-refractivity contribution in [3.05, 3.63) is 0 Å². The van der Waals surface area contributed by atoms with Gasteiger partial charge in [-0.3, -0.25) is 9.59 Å². The number of nitrogens with one attached hydrogen (secondary N) is 2. The van der Waals surface area contributed by atoms with Gasteiger partial charge in [0.2, 0.25) is 5.91 Å². The maximum absolute atomic E-state index is 11.6. The molecule has 0 aliphatic carbocycles. The van der Waals surface area contributed by atoms with Gasteiger partial charge in [0.15, 0.2) is 0 Å². The first kappa shape index (κ1) is 13.3. The Morgan fingerprint density at radius 3 is 2.59 bits per heavy atom. The summed E-state index contributed by atoms with van der Waals surface area (Å²) in [4.78, 5) is 34.8. The summed E-state index contributed by atoms with van der Waals surface area (Å²) < 4.78 is 0. The van der Waals surface area contributed by atoms with Crippen molar-refractivity contribution in [3.8, 4) is 0 Å². The van der Waals surface area contributed by atoms with E-state index in [-0.39, 0.29) is 25.0 Å². The molecule has 0 radical (unpaired) electrons. The van der Waals surface area contributed by atoms with Crippen molar-refractivity contribution in [3.63, 3.8) is 0 Å². The molecule has 0 aromatic carbocycles. The van der Waals surface area contributed by atoms with Gasteiger partial charge < -0.3 is 20.6 Å². The first-order chi connectivity index (χ1) is 8.04. The summed E-state index contributed by atoms with van der Waals surface area (Å²) in [6, 6.07) is -0.389. The van der Waals surface area contributed by atoms with Crippen molar-refractivity contribution in [2.24, 2.45) is 5.92 Å². The lowest BCUT2D eigenvalue weighted by Gasteiger charge is -2.16. The van der Waals surface area contributed by atoms with E-state index in [1.54, 1.807) is 6.92 Å². The molecule has 3 amide bonds. The summed E-state index contributed by atoms with van der Waals surface area (Å²) in [5.74, 6) is -1.64. The standard InChI is InChI=1S/C10H17N3O4/c1-2-11-8(14)5-12-10(17)13-4-3-7(6-13)9(15)16/h7H,2-6H2,1H3,(H,11,14)(H,12,17)(H,15,16). The average Bonchev–Trinajstić information content (AvgIpc) is 2.75. The number of nitrogens with zero attached hydrogens (tertiary/aromatic N) is 1. The van der Waals surface area contributed by atoms with Gasteiger partial charge >= 0.3 is 12.0 Å². The molecule has 1 saturated heterocycles. The van der Waals surface area contributed by atoms with Crippen LogP contribution >= 0.6 is 0 Å². The fourth-order valence-electron chi connectivity index (χ4n) is 1.67. The Morgan fingerprint density at radius 1 is 1.35 bits per heavy atom. The van der Waals surface area contributed by atoms with Crippen molar-refractivity contribution >= 4 is 17.9 Å². The van der Waals surface area contributed by atoms with Crippen LogP contribution in [-0.4, -0.2) is 54.1 Å². The second kappa shape index (κ2) is 6.07. The van der Waals surface area contributed by atoms with Crippen LogP contribution in [0.15, 0.2) is 0 Å². The molecule has 1 unspecified atom stereocenters. The zero-order valence-electron chi connectivity index (χ0n) is 9.73. The first-order valence-corrected chi connectivity index (χ1v) is 5.56. The Balaban J connectivity index is 2.30. The fraction of sp³-hybridized carbons (Fsp3) is 0.700. The highest BCUT2D eigenvalue weighted by Crippen LogP contribution is 2.15. The number of carboxylic acid groups (broad SMARTS) is 1. The van der Waals surface area contributed by atoms with Crippen LogP contribution in [0.1, 0.15) is 13.3 Å². The minimum absolute atomic E-state index is 0.0824. The number of rotatable bonds is 4. The van der Waals surface area contributed by atoms with E-state index >= 15 is 0 Å². The number of likely N-dealkylation sites (N-methyl/N-ethyl adjacent to an activating group) is 1. The predicted octanol–water partition coefficient (Wildman–Crippen LogP) is -0.761. The van der Waals surface area contributed by atoms with E-state index in [1.165, 1.54) is 4.90 Å². The molecule has 3 N–H and O–H groups in total. The number of carbonyl (C=O) groups excluding carboxylic acids is 2. The lowest BCUT2D eigenvalue weighted by Crippen LogP contribution is -2.43. The molecular formula is C10H17N3O4. The van der Waals surface area contributed by atoms with Gasteiger partial charge in [-0.2, -0.15) is 0 Å². The third kappa shape index (κ3) is 3.93. The highest BCUT2D eigenvalue weighted by atomic mass is 16.4. The molecule has 7 nitrogen and oxygen atoms in total. The number of likely N-dealkylation sites (tertiary alicyclic amines) is 1. The van der Waals surface area contributed by atoms with Gasteiger partial charge in [0, 0.05) is 19.6 Å². The van der Waals surface area contributed by atoms with Crippen LogP contribution in [0.2, 0.25) is 0 Å². The third-order valence-corrected chi connectivity index (χ3v) is 2.60. The molecule has 1 rings (SSSR count). The number of amides is 3. The maximum atomic E-state index is 11.6. The third-order valence-electron chi connectivity index (χ3n) is 2.60. The van der Waals surface area contributed by atoms with Crippen molar-refractivity contribution < 1.29 is 19.5 Å². The summed E-state index contributed by atoms with van der Waals surface area (Å²) in [6.45, 7) is 2.84. The van der Waals surface area contributed by atoms with Crippen molar-refractivity contribution in [1.29, 1.82) is 0 Å². The van der Waals surface area contributed by atoms with Gasteiger partial charge in [0.1, 0.15) is 0 Å². The van der Waals surface area contributed by atoms with Crippen molar-refractivity contribution in [2.75, 3.05) is 26.2 Å². The van der Waals surface area contributed by atoms with Crippen LogP contribution < -0.4 is 10.6 Å². The Labute approximate surface area is 99.2 Å². The molecule has 1 aliphatic heterocycles. The number of urea groups is 1. The molecule has 0 spiro atoms. The summed E-state index contributed by atoms with van der Waals surface area (Å²) in [7, 11) is 0. The number of aliphatic carboxylic acids is 1. The molecule has 17 heavy (non-hydrogen) atoms. The zero-order valence-corrected chi connectivity index (χ0v) is 9.73. The van der Waals surface area contributed by atoms with Crippen LogP contribution in [-0.2, 0) is 9.59 Å². The van der Waals surface area contributed by atoms with Gasteiger partial charge in [-0.05, 0) is 13.3 Å². The average molecular weight is 243 g/mol. The van der Waals surface area contributed by atoms with Crippen molar-refractivity contribution in [2.45, 2.75) is 13.3 Å². The SMILES string of the molecule is CCNC(=O)CNC(=O)N1CCC(C(=O)O)C1. The second-order valence-electron chi connectivity index (χ2n) is 3.88. The molecule has 0 saturated carbocycles. The monoisotopic (exact) mass is 243 g/mol. The molecule has 0 aromatic rings. The highest BCUT2D eigenvalue weighted by Gasteiger charge is 2.30. The minimum Gasteiger partial charge on any atom is -0.481 e. The summed E-state index contributed by atoms with van der Waals surface area (Å²) in [5.41, 5.74) is 0. The Hall–Kier alpha value is -1.79. The van der Waals surface area contributed by atoms with E-state index in [9.17, 15) is 14.4 Å². The smallest absolute Gasteiger partial charge is 0.317 e. The van der Waals surface area contributed by atoms with Crippen LogP contribution in [0.4, 0.5) is 4.79 Å². The van der Waals surface area contributed by atoms with Crippen LogP contribution in [0.3, 0.4) is 0 Å². The molecule has 7 heteroatoms. The van der Waals surface area contributed by atoms with Gasteiger partial charge in [-0.15, -0.1) is 0 Å². The fourth-order valence-corrected chi connectivity index (χ4v) is 1.67. The molecule has 1 heterocycles. The van der Waals surface area contributed by atoms with E-state index in [2.05, 4.69) is 10.6 Å². The molecule has 1 atom stereocenters. The lowest BCUT2D eigenvalue weighted by molar-refractivity contribution is -0.141. The summed E-state index contributed by atoms with van der Waals surface area (Å²) >= 11 is 0. The first-order valence-electron chi connectivity index (χ1n) is 5.56. The largest absolute Gasteiger partial charge is 0.481 e. The van der Waals surface area contributed by atoms with E-state index < -0.39 is 11.9 Å². The molecular weight excluding hydrogens is 226 g/mol. The number of carboxylic acids is 1. The summed E-state index contributed by atoms with van der Waals surface area (Å²) in [6.07, 6.45) is 0.462. The molecule has 96 valence electrons. The Bertz CT molecular complexity index is 319. The van der Waals surface area contributed by atoms with E-state index in [1.807, 2.05) is 0 Å². The number of hydrogen-bond acceptors (Lipinski definition) is 3. The Kier molecular flexibility index (Phi) is 4.74. The number of hydrogen-bond donors (Lipinski definition) is 3. The van der Waals surface area contributed by atoms with E-state index in [0.29, 0.717) is 19.5 Å². The second-order valence-corrected chi connectivity index (χ2v) is 3.88. The Morgan fingerprint density at radius 2 is 2.06 bits per heavy atom. The highest BCUT2D eigenvalue weighted by molar-refractivity contribution is 5.84. The van der Waals surface area contributed by atoms with E-state index in [0.717, 1.165) is 0 Å². The van der Waals surface area contributed by atoms with Crippen LogP contribution in [0.25, 0.3) is 0 Å². The van der Waals surface area contributed by atoms with Gasteiger partial charge in [-0.25, -0.2) is 4.79 Å².